The summed E-state index contributed by atoms with van der Waals surface area (Å²) in [7, 11) is 0. The molecule has 10 heavy (non-hydrogen) atoms. The SMILES string of the molecule is IC1(C2CCOCC2)CC1. The molecule has 1 saturated heterocycles. The van der Waals surface area contributed by atoms with E-state index in [9.17, 15) is 0 Å². The lowest BCUT2D eigenvalue weighted by molar-refractivity contribution is 0.0650. The normalized spacial score (nSPS) is 32.1. The van der Waals surface area contributed by atoms with Crippen LogP contribution in [0.4, 0.5) is 0 Å². The van der Waals surface area contributed by atoms with E-state index >= 15 is 0 Å². The van der Waals surface area contributed by atoms with Crippen molar-refractivity contribution in [3.8, 4) is 0 Å². The van der Waals surface area contributed by atoms with Crippen LogP contribution in [-0.2, 0) is 4.74 Å². The van der Waals surface area contributed by atoms with Crippen LogP contribution in [0.3, 0.4) is 0 Å². The maximum absolute atomic E-state index is 5.32. The van der Waals surface area contributed by atoms with Gasteiger partial charge in [-0.2, -0.15) is 0 Å². The summed E-state index contributed by atoms with van der Waals surface area (Å²) in [5.41, 5.74) is 0. The van der Waals surface area contributed by atoms with Gasteiger partial charge in [0.15, 0.2) is 0 Å². The molecule has 0 bridgehead atoms. The predicted molar refractivity (Wildman–Crippen MR) is 49.5 cm³/mol. The molecule has 2 fully saturated rings. The van der Waals surface area contributed by atoms with Gasteiger partial charge in [0, 0.05) is 16.6 Å². The van der Waals surface area contributed by atoms with Crippen LogP contribution in [-0.4, -0.2) is 16.6 Å². The van der Waals surface area contributed by atoms with Crippen molar-refractivity contribution in [1.29, 1.82) is 0 Å². The van der Waals surface area contributed by atoms with Gasteiger partial charge < -0.3 is 4.74 Å². The van der Waals surface area contributed by atoms with Crippen molar-refractivity contribution in [2.45, 2.75) is 29.1 Å². The molecule has 0 aromatic heterocycles. The average molecular weight is 252 g/mol. The van der Waals surface area contributed by atoms with Gasteiger partial charge in [0.25, 0.3) is 0 Å². The van der Waals surface area contributed by atoms with Crippen LogP contribution in [0.5, 0.6) is 0 Å². The second kappa shape index (κ2) is 2.63. The molecule has 1 saturated carbocycles. The highest BCUT2D eigenvalue weighted by atomic mass is 127. The van der Waals surface area contributed by atoms with E-state index in [2.05, 4.69) is 22.6 Å². The van der Waals surface area contributed by atoms with E-state index in [1.54, 1.807) is 0 Å². The van der Waals surface area contributed by atoms with Gasteiger partial charge in [0.2, 0.25) is 0 Å². The summed E-state index contributed by atoms with van der Waals surface area (Å²) < 4.78 is 6.03. The molecule has 1 heterocycles. The Bertz CT molecular complexity index is 125. The molecule has 2 rings (SSSR count). The highest BCUT2D eigenvalue weighted by Gasteiger charge is 2.46. The average Bonchev–Trinajstić information content (AvgIpc) is 2.72. The molecule has 0 spiro atoms. The number of alkyl halides is 1. The first kappa shape index (κ1) is 7.35. The van der Waals surface area contributed by atoms with Gasteiger partial charge in [-0.1, -0.05) is 22.6 Å². The van der Waals surface area contributed by atoms with Crippen molar-refractivity contribution in [3.63, 3.8) is 0 Å². The number of ether oxygens (including phenoxy) is 1. The van der Waals surface area contributed by atoms with Gasteiger partial charge in [0.05, 0.1) is 0 Å². The number of hydrogen-bond donors (Lipinski definition) is 0. The molecule has 1 aliphatic heterocycles. The van der Waals surface area contributed by atoms with E-state index in [1.165, 1.54) is 25.7 Å². The maximum atomic E-state index is 5.32. The van der Waals surface area contributed by atoms with E-state index < -0.39 is 0 Å². The smallest absolute Gasteiger partial charge is 0.0469 e. The van der Waals surface area contributed by atoms with Crippen LogP contribution < -0.4 is 0 Å². The van der Waals surface area contributed by atoms with E-state index in [4.69, 9.17) is 4.74 Å². The molecule has 0 aromatic carbocycles. The fraction of sp³-hybridized carbons (Fsp3) is 1.00. The molecule has 0 N–H and O–H groups in total. The van der Waals surface area contributed by atoms with Crippen LogP contribution in [0.25, 0.3) is 0 Å². The fourth-order valence-corrected chi connectivity index (χ4v) is 2.64. The molecule has 1 nitrogen and oxygen atoms in total. The highest BCUT2D eigenvalue weighted by Crippen LogP contribution is 2.53. The Labute approximate surface area is 75.7 Å². The first-order valence-electron chi connectivity index (χ1n) is 4.08. The predicted octanol–water partition coefficient (Wildman–Crippen LogP) is 2.38. The minimum absolute atomic E-state index is 0.710. The van der Waals surface area contributed by atoms with Gasteiger partial charge in [-0.15, -0.1) is 0 Å². The summed E-state index contributed by atoms with van der Waals surface area (Å²) in [6.07, 6.45) is 5.53. The third-order valence-corrected chi connectivity index (χ3v) is 4.64. The number of rotatable bonds is 1. The van der Waals surface area contributed by atoms with Crippen LogP contribution in [0, 0.1) is 5.92 Å². The largest absolute Gasteiger partial charge is 0.381 e. The molecule has 2 aliphatic rings. The van der Waals surface area contributed by atoms with Crippen LogP contribution in [0.2, 0.25) is 0 Å². The van der Waals surface area contributed by atoms with Crippen molar-refractivity contribution in [3.05, 3.63) is 0 Å². The van der Waals surface area contributed by atoms with Crippen molar-refractivity contribution in [1.82, 2.24) is 0 Å². The highest BCUT2D eigenvalue weighted by molar-refractivity contribution is 14.1. The third kappa shape index (κ3) is 1.33. The Morgan fingerprint density at radius 3 is 2.30 bits per heavy atom. The molecule has 58 valence electrons. The van der Waals surface area contributed by atoms with Crippen molar-refractivity contribution in [2.75, 3.05) is 13.2 Å². The topological polar surface area (TPSA) is 9.23 Å². The molecule has 2 heteroatoms. The van der Waals surface area contributed by atoms with E-state index in [-0.39, 0.29) is 0 Å². The monoisotopic (exact) mass is 252 g/mol. The Kier molecular flexibility index (Phi) is 1.93. The van der Waals surface area contributed by atoms with Gasteiger partial charge in [0.1, 0.15) is 0 Å². The molecular formula is C8H13IO. The lowest BCUT2D eigenvalue weighted by atomic mass is 9.95. The summed E-state index contributed by atoms with van der Waals surface area (Å²) in [6.45, 7) is 2.02. The van der Waals surface area contributed by atoms with Crippen molar-refractivity contribution >= 4 is 22.6 Å². The fourth-order valence-electron chi connectivity index (χ4n) is 1.74. The van der Waals surface area contributed by atoms with E-state index in [0.717, 1.165) is 19.1 Å². The minimum Gasteiger partial charge on any atom is -0.381 e. The Morgan fingerprint density at radius 1 is 1.20 bits per heavy atom. The molecule has 0 amide bonds. The van der Waals surface area contributed by atoms with E-state index in [1.807, 2.05) is 0 Å². The standard InChI is InChI=1S/C8H13IO/c9-8(3-4-8)7-1-5-10-6-2-7/h7H,1-6H2. The quantitative estimate of drug-likeness (QED) is 0.514. The summed E-state index contributed by atoms with van der Waals surface area (Å²) >= 11 is 2.65. The van der Waals surface area contributed by atoms with Crippen LogP contribution >= 0.6 is 22.6 Å². The molecule has 0 radical (unpaired) electrons. The summed E-state index contributed by atoms with van der Waals surface area (Å²) in [6, 6.07) is 0. The molecule has 0 atom stereocenters. The van der Waals surface area contributed by atoms with E-state index in [0.29, 0.717) is 3.42 Å². The molecule has 1 aliphatic carbocycles. The summed E-state index contributed by atoms with van der Waals surface area (Å²) in [5, 5.41) is 0. The molecular weight excluding hydrogens is 239 g/mol. The Hall–Kier alpha value is 0.690. The van der Waals surface area contributed by atoms with Crippen LogP contribution in [0.15, 0.2) is 0 Å². The maximum Gasteiger partial charge on any atom is 0.0469 e. The Balaban J connectivity index is 1.91. The summed E-state index contributed by atoms with van der Waals surface area (Å²) in [4.78, 5) is 0. The van der Waals surface area contributed by atoms with Gasteiger partial charge in [-0.25, -0.2) is 0 Å². The zero-order chi connectivity index (χ0) is 7.03. The number of halogens is 1. The zero-order valence-electron chi connectivity index (χ0n) is 6.11. The second-order valence-electron chi connectivity index (χ2n) is 3.42. The van der Waals surface area contributed by atoms with Crippen LogP contribution in [0.1, 0.15) is 25.7 Å². The number of hydrogen-bond acceptors (Lipinski definition) is 1. The van der Waals surface area contributed by atoms with Gasteiger partial charge in [-0.05, 0) is 31.6 Å². The molecule has 0 aromatic rings. The first-order chi connectivity index (χ1) is 4.81. The second-order valence-corrected chi connectivity index (χ2v) is 5.57. The zero-order valence-corrected chi connectivity index (χ0v) is 8.26. The van der Waals surface area contributed by atoms with Crippen molar-refractivity contribution < 1.29 is 4.74 Å². The Morgan fingerprint density at radius 2 is 1.80 bits per heavy atom. The van der Waals surface area contributed by atoms with Crippen molar-refractivity contribution in [2.24, 2.45) is 5.92 Å². The molecule has 0 unspecified atom stereocenters. The minimum atomic E-state index is 0.710. The third-order valence-electron chi connectivity index (χ3n) is 2.68. The van der Waals surface area contributed by atoms with Gasteiger partial charge >= 0.3 is 0 Å². The summed E-state index contributed by atoms with van der Waals surface area (Å²) in [5.74, 6) is 0.974. The lowest BCUT2D eigenvalue weighted by Gasteiger charge is -2.26. The lowest BCUT2D eigenvalue weighted by Crippen LogP contribution is -2.24. The van der Waals surface area contributed by atoms with Gasteiger partial charge in [-0.3, -0.25) is 0 Å². The first-order valence-corrected chi connectivity index (χ1v) is 5.16.